The molecule has 0 N–H and O–H groups in total. The van der Waals surface area contributed by atoms with Crippen LogP contribution in [0.2, 0.25) is 0 Å². The van der Waals surface area contributed by atoms with Crippen LogP contribution in [0.3, 0.4) is 0 Å². The Balaban J connectivity index is 2.07. The standard InChI is InChI=1S/C18H18IO2/c1-13(11-20)15-3-7-17(8-4-15)19-18-9-5-16(6-10-18)14(2)12-21/h3-14H,1-2H3/q-1. The fraction of sp³-hybridized carbons (Fsp3) is 0.222. The van der Waals surface area contributed by atoms with Crippen LogP contribution in [0, 0.1) is 7.14 Å². The van der Waals surface area contributed by atoms with Crippen LogP contribution in [0.15, 0.2) is 48.5 Å². The summed E-state index contributed by atoms with van der Waals surface area (Å²) in [4.78, 5) is 21.5. The van der Waals surface area contributed by atoms with E-state index in [0.29, 0.717) is 0 Å². The van der Waals surface area contributed by atoms with Gasteiger partial charge in [0.15, 0.2) is 0 Å². The number of carbonyl (C=O) groups is 2. The van der Waals surface area contributed by atoms with Gasteiger partial charge in [0, 0.05) is 0 Å². The van der Waals surface area contributed by atoms with Gasteiger partial charge in [-0.05, 0) is 0 Å². The summed E-state index contributed by atoms with van der Waals surface area (Å²) < 4.78 is 2.65. The zero-order valence-corrected chi connectivity index (χ0v) is 14.3. The maximum atomic E-state index is 10.8. The summed E-state index contributed by atoms with van der Waals surface area (Å²) in [5.74, 6) is -0.0808. The van der Waals surface area contributed by atoms with Gasteiger partial charge in [-0.25, -0.2) is 0 Å². The van der Waals surface area contributed by atoms with Crippen molar-refractivity contribution in [1.29, 1.82) is 0 Å². The molecule has 0 amide bonds. The Bertz CT molecular complexity index is 547. The normalized spacial score (nSPS) is 13.6. The fourth-order valence-corrected chi connectivity index (χ4v) is 4.10. The van der Waals surface area contributed by atoms with Crippen molar-refractivity contribution in [2.75, 3.05) is 0 Å². The molecule has 0 saturated heterocycles. The van der Waals surface area contributed by atoms with Gasteiger partial charge < -0.3 is 0 Å². The Labute approximate surface area is 135 Å². The molecular formula is C18H18IO2-. The molecule has 2 nitrogen and oxygen atoms in total. The third kappa shape index (κ3) is 4.24. The van der Waals surface area contributed by atoms with E-state index >= 15 is 0 Å². The molecule has 21 heavy (non-hydrogen) atoms. The molecule has 0 aliphatic carbocycles. The fourth-order valence-electron chi connectivity index (χ4n) is 1.94. The Morgan fingerprint density at radius 2 is 1.05 bits per heavy atom. The van der Waals surface area contributed by atoms with Crippen molar-refractivity contribution < 1.29 is 30.8 Å². The first-order chi connectivity index (χ1) is 10.1. The van der Waals surface area contributed by atoms with Gasteiger partial charge >= 0.3 is 136 Å². The van der Waals surface area contributed by atoms with Gasteiger partial charge in [-0.3, -0.25) is 0 Å². The molecular weight excluding hydrogens is 375 g/mol. The topological polar surface area (TPSA) is 34.1 Å². The van der Waals surface area contributed by atoms with Crippen LogP contribution in [0.4, 0.5) is 0 Å². The molecule has 2 aromatic carbocycles. The van der Waals surface area contributed by atoms with Crippen molar-refractivity contribution in [2.45, 2.75) is 25.7 Å². The Morgan fingerprint density at radius 3 is 1.33 bits per heavy atom. The molecule has 0 aromatic heterocycles. The second-order valence-electron chi connectivity index (χ2n) is 5.05. The molecule has 3 heteroatoms. The molecule has 2 aromatic rings. The summed E-state index contributed by atoms with van der Waals surface area (Å²) in [5.41, 5.74) is 2.13. The minimum absolute atomic E-state index is 0.0404. The van der Waals surface area contributed by atoms with Crippen LogP contribution in [0.25, 0.3) is 0 Å². The molecule has 2 rings (SSSR count). The van der Waals surface area contributed by atoms with Crippen molar-refractivity contribution in [1.82, 2.24) is 0 Å². The van der Waals surface area contributed by atoms with Gasteiger partial charge in [-0.1, -0.05) is 0 Å². The molecule has 0 saturated carbocycles. The summed E-state index contributed by atoms with van der Waals surface area (Å²) in [6.07, 6.45) is 1.94. The average Bonchev–Trinajstić information content (AvgIpc) is 2.55. The van der Waals surface area contributed by atoms with Crippen molar-refractivity contribution in [3.05, 3.63) is 66.8 Å². The van der Waals surface area contributed by atoms with Gasteiger partial charge in [0.2, 0.25) is 0 Å². The number of hydrogen-bond acceptors (Lipinski definition) is 2. The maximum absolute atomic E-state index is 10.8. The van der Waals surface area contributed by atoms with Crippen LogP contribution >= 0.6 is 0 Å². The zero-order valence-electron chi connectivity index (χ0n) is 12.1. The summed E-state index contributed by atoms with van der Waals surface area (Å²) >= 11 is -0.222. The average molecular weight is 393 g/mol. The van der Waals surface area contributed by atoms with E-state index in [1.807, 2.05) is 38.1 Å². The number of benzene rings is 2. The van der Waals surface area contributed by atoms with Gasteiger partial charge in [-0.2, -0.15) is 0 Å². The van der Waals surface area contributed by atoms with Crippen LogP contribution in [0.5, 0.6) is 0 Å². The molecule has 0 fully saturated rings. The molecule has 2 atom stereocenters. The van der Waals surface area contributed by atoms with E-state index in [1.54, 1.807) is 0 Å². The first kappa shape index (κ1) is 15.9. The van der Waals surface area contributed by atoms with Crippen molar-refractivity contribution in [3.63, 3.8) is 0 Å². The molecule has 0 aliphatic rings. The molecule has 0 heterocycles. The van der Waals surface area contributed by atoms with Crippen LogP contribution in [0.1, 0.15) is 36.8 Å². The van der Waals surface area contributed by atoms with Gasteiger partial charge in [0.1, 0.15) is 0 Å². The summed E-state index contributed by atoms with van der Waals surface area (Å²) in [5, 5.41) is 0. The van der Waals surface area contributed by atoms with E-state index in [4.69, 9.17) is 0 Å². The van der Waals surface area contributed by atoms with E-state index < -0.39 is 0 Å². The van der Waals surface area contributed by atoms with Crippen molar-refractivity contribution in [2.24, 2.45) is 0 Å². The number of halogens is 1. The first-order valence-corrected chi connectivity index (χ1v) is 9.05. The third-order valence-electron chi connectivity index (χ3n) is 3.42. The minimum atomic E-state index is -0.222. The van der Waals surface area contributed by atoms with Crippen molar-refractivity contribution >= 4 is 12.6 Å². The second kappa shape index (κ2) is 7.50. The zero-order chi connectivity index (χ0) is 15.2. The third-order valence-corrected chi connectivity index (χ3v) is 6.10. The SMILES string of the molecule is CC(C=O)c1ccc([I-]c2ccc(C(C)C=O)cc2)cc1. The number of aldehydes is 2. The van der Waals surface area contributed by atoms with Crippen LogP contribution in [-0.2, 0) is 9.59 Å². The summed E-state index contributed by atoms with van der Waals surface area (Å²) in [7, 11) is 0. The molecule has 0 aliphatic heterocycles. The summed E-state index contributed by atoms with van der Waals surface area (Å²) in [6.45, 7) is 3.81. The van der Waals surface area contributed by atoms with Gasteiger partial charge in [0.25, 0.3) is 0 Å². The number of rotatable bonds is 6. The van der Waals surface area contributed by atoms with E-state index in [-0.39, 0.29) is 33.0 Å². The molecule has 2 unspecified atom stereocenters. The Hall–Kier alpha value is -1.49. The Morgan fingerprint density at radius 1 is 0.714 bits per heavy atom. The van der Waals surface area contributed by atoms with E-state index in [2.05, 4.69) is 24.3 Å². The van der Waals surface area contributed by atoms with E-state index in [0.717, 1.165) is 23.7 Å². The van der Waals surface area contributed by atoms with Crippen LogP contribution < -0.4 is 21.2 Å². The number of carbonyl (C=O) groups excluding carboxylic acids is 2. The quantitative estimate of drug-likeness (QED) is 0.527. The molecule has 0 spiro atoms. The first-order valence-electron chi connectivity index (χ1n) is 6.89. The summed E-state index contributed by atoms with van der Waals surface area (Å²) in [6, 6.07) is 16.6. The van der Waals surface area contributed by atoms with Crippen molar-refractivity contribution in [3.8, 4) is 0 Å². The molecule has 0 bridgehead atoms. The van der Waals surface area contributed by atoms with E-state index in [1.165, 1.54) is 7.14 Å². The van der Waals surface area contributed by atoms with Gasteiger partial charge in [-0.15, -0.1) is 0 Å². The second-order valence-corrected chi connectivity index (χ2v) is 8.08. The molecule has 0 radical (unpaired) electrons. The van der Waals surface area contributed by atoms with Crippen LogP contribution in [-0.4, -0.2) is 12.6 Å². The monoisotopic (exact) mass is 393 g/mol. The Kier molecular flexibility index (Phi) is 5.67. The van der Waals surface area contributed by atoms with Gasteiger partial charge in [0.05, 0.1) is 0 Å². The predicted molar refractivity (Wildman–Crippen MR) is 79.2 cm³/mol. The van der Waals surface area contributed by atoms with E-state index in [9.17, 15) is 9.59 Å². The predicted octanol–water partition coefficient (Wildman–Crippen LogP) is 0.420. The molecule has 110 valence electrons. The number of hydrogen-bond donors (Lipinski definition) is 0.